The zero-order valence-corrected chi connectivity index (χ0v) is 20.9. The molecule has 184 valence electrons. The van der Waals surface area contributed by atoms with E-state index >= 15 is 0 Å². The highest BCUT2D eigenvalue weighted by Crippen LogP contribution is 2.31. The van der Waals surface area contributed by atoms with Crippen molar-refractivity contribution >= 4 is 22.2 Å². The molecular weight excluding hydrogens is 464 g/mol. The van der Waals surface area contributed by atoms with Crippen LogP contribution in [0.4, 0.5) is 0 Å². The van der Waals surface area contributed by atoms with E-state index < -0.39 is 0 Å². The second-order valence-electron chi connectivity index (χ2n) is 9.24. The summed E-state index contributed by atoms with van der Waals surface area (Å²) in [6.07, 6.45) is 5.28. The van der Waals surface area contributed by atoms with Gasteiger partial charge in [-0.3, -0.25) is 10.1 Å². The number of fused-ring (bicyclic) bond motifs is 2. The fourth-order valence-electron chi connectivity index (χ4n) is 4.29. The Morgan fingerprint density at radius 3 is 2.76 bits per heavy atom. The van der Waals surface area contributed by atoms with Crippen LogP contribution in [0.2, 0.25) is 0 Å². The van der Waals surface area contributed by atoms with E-state index in [1.54, 1.807) is 18.6 Å². The molecule has 37 heavy (non-hydrogen) atoms. The lowest BCUT2D eigenvalue weighted by Crippen LogP contribution is -2.19. The molecule has 9 nitrogen and oxygen atoms in total. The zero-order chi connectivity index (χ0) is 25.4. The van der Waals surface area contributed by atoms with Gasteiger partial charge in [0.05, 0.1) is 22.9 Å². The Morgan fingerprint density at radius 1 is 0.973 bits per heavy atom. The first-order chi connectivity index (χ1) is 18.0. The van der Waals surface area contributed by atoms with Crippen LogP contribution in [-0.4, -0.2) is 67.3 Å². The van der Waals surface area contributed by atoms with Crippen LogP contribution in [0.15, 0.2) is 67.1 Å². The fourth-order valence-corrected chi connectivity index (χ4v) is 4.29. The highest BCUT2D eigenvalue weighted by Gasteiger charge is 2.17. The molecule has 5 aromatic heterocycles. The molecule has 0 bridgehead atoms. The Labute approximate surface area is 213 Å². The molecule has 2 N–H and O–H groups in total. The van der Waals surface area contributed by atoms with E-state index in [-0.39, 0.29) is 0 Å². The van der Waals surface area contributed by atoms with Crippen LogP contribution in [-0.2, 0) is 0 Å². The van der Waals surface area contributed by atoms with Gasteiger partial charge in [0.25, 0.3) is 0 Å². The number of likely N-dealkylation sites (N-methyl/N-ethyl adjacent to an activating group) is 1. The third kappa shape index (κ3) is 4.52. The number of nitrogens with zero attached hydrogens (tertiary/aromatic N) is 6. The average Bonchev–Trinajstić information content (AvgIpc) is 3.52. The molecule has 1 aromatic carbocycles. The van der Waals surface area contributed by atoms with Gasteiger partial charge in [-0.25, -0.2) is 15.0 Å². The molecule has 0 atom stereocenters. The van der Waals surface area contributed by atoms with Gasteiger partial charge >= 0.3 is 0 Å². The van der Waals surface area contributed by atoms with Crippen molar-refractivity contribution in [2.45, 2.75) is 6.92 Å². The Morgan fingerprint density at radius 2 is 1.89 bits per heavy atom. The molecule has 6 aromatic rings. The van der Waals surface area contributed by atoms with E-state index in [1.807, 2.05) is 38.4 Å². The Balaban J connectivity index is 1.38. The number of aromatic amines is 2. The van der Waals surface area contributed by atoms with E-state index in [0.29, 0.717) is 35.0 Å². The van der Waals surface area contributed by atoms with Crippen LogP contribution in [0.1, 0.15) is 5.56 Å². The highest BCUT2D eigenvalue weighted by atomic mass is 16.5. The van der Waals surface area contributed by atoms with Crippen molar-refractivity contribution in [3.63, 3.8) is 0 Å². The summed E-state index contributed by atoms with van der Waals surface area (Å²) in [7, 11) is 4.03. The molecule has 0 saturated heterocycles. The lowest BCUT2D eigenvalue weighted by Gasteiger charge is -2.11. The molecule has 9 heteroatoms. The van der Waals surface area contributed by atoms with Gasteiger partial charge in [-0.05, 0) is 50.8 Å². The predicted molar refractivity (Wildman–Crippen MR) is 144 cm³/mol. The van der Waals surface area contributed by atoms with Gasteiger partial charge in [-0.1, -0.05) is 29.8 Å². The van der Waals surface area contributed by atoms with Crippen LogP contribution in [0.5, 0.6) is 5.75 Å². The molecule has 0 unspecified atom stereocenters. The largest absolute Gasteiger partial charge is 0.491 e. The summed E-state index contributed by atoms with van der Waals surface area (Å²) in [6, 6.07) is 16.2. The van der Waals surface area contributed by atoms with Gasteiger partial charge in [0.2, 0.25) is 0 Å². The minimum Gasteiger partial charge on any atom is -0.491 e. The number of benzene rings is 1. The Kier molecular flexibility index (Phi) is 5.82. The lowest BCUT2D eigenvalue weighted by atomic mass is 10.0. The first-order valence-corrected chi connectivity index (χ1v) is 12.1. The number of nitrogens with one attached hydrogen (secondary N) is 2. The number of H-pyrrole nitrogens is 2. The summed E-state index contributed by atoms with van der Waals surface area (Å²) in [6.45, 7) is 3.49. The number of imidazole rings is 1. The maximum Gasteiger partial charge on any atom is 0.178 e. The van der Waals surface area contributed by atoms with Crippen molar-refractivity contribution in [2.24, 2.45) is 0 Å². The summed E-state index contributed by atoms with van der Waals surface area (Å²) in [5.41, 5.74) is 8.64. The lowest BCUT2D eigenvalue weighted by molar-refractivity contribution is 0.261. The normalized spacial score (nSPS) is 11.6. The average molecular weight is 491 g/mol. The number of pyridine rings is 3. The minimum atomic E-state index is 0.584. The van der Waals surface area contributed by atoms with Crippen molar-refractivity contribution < 1.29 is 4.74 Å². The molecule has 0 radical (unpaired) electrons. The van der Waals surface area contributed by atoms with Crippen molar-refractivity contribution in [1.82, 2.24) is 40.0 Å². The number of aryl methyl sites for hydroxylation is 1. The second-order valence-corrected chi connectivity index (χ2v) is 9.24. The predicted octanol–water partition coefficient (Wildman–Crippen LogP) is 4.87. The highest BCUT2D eigenvalue weighted by molar-refractivity contribution is 5.95. The van der Waals surface area contributed by atoms with Crippen LogP contribution < -0.4 is 4.74 Å². The van der Waals surface area contributed by atoms with E-state index in [0.717, 1.165) is 40.0 Å². The Hall–Kier alpha value is -4.63. The summed E-state index contributed by atoms with van der Waals surface area (Å²) in [5, 5.41) is 7.61. The molecule has 0 saturated carbocycles. The molecule has 5 heterocycles. The molecular formula is C28H26N8O. The standard InChI is InChI=1S/C28H26N8O/c1-17-5-4-6-18(13-17)21-9-10-30-27-24(21)32-28(33-27)26-25-23(34-35-26)8-7-22(31-25)19-14-20(16-29-15-19)37-12-11-36(2)3/h4-10,13-16H,11-12H2,1-3H3,(H,34,35)(H,30,32,33). The number of rotatable bonds is 7. The molecule has 0 spiro atoms. The molecule has 0 amide bonds. The number of aromatic nitrogens is 7. The van der Waals surface area contributed by atoms with Crippen molar-refractivity contribution in [2.75, 3.05) is 27.2 Å². The number of hydrogen-bond acceptors (Lipinski definition) is 7. The first kappa shape index (κ1) is 22.8. The second kappa shape index (κ2) is 9.44. The van der Waals surface area contributed by atoms with Gasteiger partial charge in [-0.15, -0.1) is 0 Å². The van der Waals surface area contributed by atoms with Gasteiger partial charge in [0.1, 0.15) is 17.9 Å². The van der Waals surface area contributed by atoms with E-state index in [9.17, 15) is 0 Å². The first-order valence-electron chi connectivity index (χ1n) is 12.1. The van der Waals surface area contributed by atoms with Crippen LogP contribution >= 0.6 is 0 Å². The molecule has 0 aliphatic rings. The maximum absolute atomic E-state index is 5.86. The number of ether oxygens (including phenoxy) is 1. The van der Waals surface area contributed by atoms with Gasteiger partial charge in [0.15, 0.2) is 17.2 Å². The molecule has 6 rings (SSSR count). The third-order valence-corrected chi connectivity index (χ3v) is 6.17. The number of hydrogen-bond donors (Lipinski definition) is 2. The van der Waals surface area contributed by atoms with E-state index in [2.05, 4.69) is 61.2 Å². The van der Waals surface area contributed by atoms with Crippen LogP contribution in [0, 0.1) is 6.92 Å². The maximum atomic E-state index is 5.86. The zero-order valence-electron chi connectivity index (χ0n) is 20.9. The van der Waals surface area contributed by atoms with Crippen molar-refractivity contribution in [3.05, 3.63) is 72.7 Å². The monoisotopic (exact) mass is 490 g/mol. The van der Waals surface area contributed by atoms with Crippen LogP contribution in [0.25, 0.3) is 56.1 Å². The van der Waals surface area contributed by atoms with Gasteiger partial charge < -0.3 is 14.6 Å². The fraction of sp³-hybridized carbons (Fsp3) is 0.179. The van der Waals surface area contributed by atoms with E-state index in [4.69, 9.17) is 14.7 Å². The molecule has 0 fully saturated rings. The summed E-state index contributed by atoms with van der Waals surface area (Å²) >= 11 is 0. The summed E-state index contributed by atoms with van der Waals surface area (Å²) < 4.78 is 5.86. The summed E-state index contributed by atoms with van der Waals surface area (Å²) in [5.74, 6) is 1.32. The van der Waals surface area contributed by atoms with E-state index in [1.165, 1.54) is 5.56 Å². The van der Waals surface area contributed by atoms with Crippen LogP contribution in [0.3, 0.4) is 0 Å². The van der Waals surface area contributed by atoms with Crippen molar-refractivity contribution in [3.8, 4) is 39.7 Å². The topological polar surface area (TPSA) is 108 Å². The summed E-state index contributed by atoms with van der Waals surface area (Å²) in [4.78, 5) is 24.0. The minimum absolute atomic E-state index is 0.584. The Bertz CT molecular complexity index is 1720. The third-order valence-electron chi connectivity index (χ3n) is 6.17. The molecule has 0 aliphatic heterocycles. The van der Waals surface area contributed by atoms with Gasteiger partial charge in [-0.2, -0.15) is 5.10 Å². The smallest absolute Gasteiger partial charge is 0.178 e. The van der Waals surface area contributed by atoms with Gasteiger partial charge in [0, 0.05) is 30.1 Å². The van der Waals surface area contributed by atoms with Crippen molar-refractivity contribution in [1.29, 1.82) is 0 Å². The molecule has 0 aliphatic carbocycles. The SMILES string of the molecule is Cc1cccc(-c2ccnc3nc(-c4n[nH]c5ccc(-c6cncc(OCCN(C)C)c6)nc45)[nH]c23)c1. The quantitative estimate of drug-likeness (QED) is 0.328.